The molecule has 12 heavy (non-hydrogen) atoms. The Labute approximate surface area is 77.1 Å². The van der Waals surface area contributed by atoms with Gasteiger partial charge in [0.2, 0.25) is 0 Å². The molecule has 62 valence electrons. The van der Waals surface area contributed by atoms with Gasteiger partial charge in [0.1, 0.15) is 12.1 Å². The minimum Gasteiger partial charge on any atom is -0.388 e. The van der Waals surface area contributed by atoms with Crippen LogP contribution in [0.3, 0.4) is 0 Å². The molecule has 0 aliphatic heterocycles. The first kappa shape index (κ1) is 7.76. The van der Waals surface area contributed by atoms with Crippen molar-refractivity contribution in [3.05, 3.63) is 28.4 Å². The Bertz CT molecular complexity index is 410. The first-order chi connectivity index (χ1) is 5.83. The summed E-state index contributed by atoms with van der Waals surface area (Å²) in [5.74, 6) is 0.498. The van der Waals surface area contributed by atoms with Gasteiger partial charge in [-0.1, -0.05) is 11.2 Å². The Kier molecular flexibility index (Phi) is 1.86. The van der Waals surface area contributed by atoms with Crippen molar-refractivity contribution in [1.29, 1.82) is 0 Å². The third kappa shape index (κ3) is 1.04. The second-order valence-electron chi connectivity index (χ2n) is 2.40. The van der Waals surface area contributed by atoms with Crippen LogP contribution in [-0.4, -0.2) is 10.3 Å². The van der Waals surface area contributed by atoms with Crippen LogP contribution in [0.4, 0.5) is 0 Å². The fraction of sp³-hybridized carbons (Fsp3) is 0.125. The number of hydrogen-bond acceptors (Lipinski definition) is 3. The van der Waals surface area contributed by atoms with Crippen molar-refractivity contribution in [3.8, 4) is 0 Å². The monoisotopic (exact) mass is 227 g/mol. The van der Waals surface area contributed by atoms with E-state index in [-0.39, 0.29) is 6.61 Å². The molecule has 2 aromatic rings. The highest BCUT2D eigenvalue weighted by atomic mass is 79.9. The predicted molar refractivity (Wildman–Crippen MR) is 47.6 cm³/mol. The molecule has 1 aromatic carbocycles. The van der Waals surface area contributed by atoms with E-state index in [1.807, 2.05) is 18.2 Å². The van der Waals surface area contributed by atoms with Crippen LogP contribution in [0.15, 0.2) is 27.2 Å². The van der Waals surface area contributed by atoms with Gasteiger partial charge in [-0.15, -0.1) is 0 Å². The van der Waals surface area contributed by atoms with Gasteiger partial charge in [-0.3, -0.25) is 0 Å². The number of halogens is 1. The minimum absolute atomic E-state index is 0.126. The summed E-state index contributed by atoms with van der Waals surface area (Å²) in [4.78, 5) is 0. The maximum Gasteiger partial charge on any atom is 0.171 e. The van der Waals surface area contributed by atoms with E-state index in [2.05, 4.69) is 21.1 Å². The molecule has 4 heteroatoms. The lowest BCUT2D eigenvalue weighted by Crippen LogP contribution is -1.79. The zero-order chi connectivity index (χ0) is 8.55. The zero-order valence-electron chi connectivity index (χ0n) is 6.12. The molecular formula is C8H6BrNO2. The normalized spacial score (nSPS) is 10.8. The van der Waals surface area contributed by atoms with E-state index in [9.17, 15) is 0 Å². The van der Waals surface area contributed by atoms with E-state index in [1.54, 1.807) is 0 Å². The quantitative estimate of drug-likeness (QED) is 0.812. The fourth-order valence-electron chi connectivity index (χ4n) is 1.12. The lowest BCUT2D eigenvalue weighted by molar-refractivity contribution is 0.232. The average molecular weight is 228 g/mol. The summed E-state index contributed by atoms with van der Waals surface area (Å²) >= 11 is 3.36. The molecule has 1 heterocycles. The third-order valence-electron chi connectivity index (χ3n) is 1.67. The largest absolute Gasteiger partial charge is 0.388 e. The van der Waals surface area contributed by atoms with Crippen LogP contribution in [0.25, 0.3) is 10.9 Å². The molecule has 0 aliphatic carbocycles. The van der Waals surface area contributed by atoms with E-state index < -0.39 is 0 Å². The molecule has 0 fully saturated rings. The summed E-state index contributed by atoms with van der Waals surface area (Å²) in [5, 5.41) is 13.5. The maximum absolute atomic E-state index is 8.89. The van der Waals surface area contributed by atoms with Gasteiger partial charge in [-0.25, -0.2) is 0 Å². The number of nitrogens with zero attached hydrogens (tertiary/aromatic N) is 1. The minimum atomic E-state index is -0.126. The molecule has 0 amide bonds. The molecule has 0 saturated heterocycles. The second kappa shape index (κ2) is 2.88. The van der Waals surface area contributed by atoms with Crippen LogP contribution in [0.1, 0.15) is 5.76 Å². The Morgan fingerprint density at radius 3 is 3.08 bits per heavy atom. The predicted octanol–water partition coefficient (Wildman–Crippen LogP) is 2.08. The highest BCUT2D eigenvalue weighted by Gasteiger charge is 2.09. The topological polar surface area (TPSA) is 46.3 Å². The number of rotatable bonds is 1. The van der Waals surface area contributed by atoms with E-state index >= 15 is 0 Å². The SMILES string of the molecule is OCc1onc2cccc(Br)c12. The van der Waals surface area contributed by atoms with Crippen LogP contribution in [0, 0.1) is 0 Å². The molecule has 0 spiro atoms. The molecule has 1 N–H and O–H groups in total. The van der Waals surface area contributed by atoms with Crippen molar-refractivity contribution in [2.24, 2.45) is 0 Å². The molecule has 0 saturated carbocycles. The van der Waals surface area contributed by atoms with E-state index in [1.165, 1.54) is 0 Å². The van der Waals surface area contributed by atoms with Crippen LogP contribution in [-0.2, 0) is 6.61 Å². The Morgan fingerprint density at radius 1 is 1.50 bits per heavy atom. The Hall–Kier alpha value is -0.870. The average Bonchev–Trinajstić information content (AvgIpc) is 2.49. The number of aliphatic hydroxyl groups excluding tert-OH is 1. The summed E-state index contributed by atoms with van der Waals surface area (Å²) in [6.07, 6.45) is 0. The van der Waals surface area contributed by atoms with Gasteiger partial charge in [-0.05, 0) is 28.1 Å². The van der Waals surface area contributed by atoms with Gasteiger partial charge in [0.05, 0.1) is 5.39 Å². The van der Waals surface area contributed by atoms with Crippen LogP contribution < -0.4 is 0 Å². The molecule has 0 aliphatic rings. The molecule has 0 atom stereocenters. The summed E-state index contributed by atoms with van der Waals surface area (Å²) in [6, 6.07) is 5.59. The summed E-state index contributed by atoms with van der Waals surface area (Å²) < 4.78 is 5.81. The van der Waals surface area contributed by atoms with E-state index in [0.717, 1.165) is 15.4 Å². The number of aliphatic hydroxyl groups is 1. The van der Waals surface area contributed by atoms with Gasteiger partial charge in [0.25, 0.3) is 0 Å². The standard InChI is InChI=1S/C8H6BrNO2/c9-5-2-1-3-6-8(5)7(4-11)12-10-6/h1-3,11H,4H2. The first-order valence-electron chi connectivity index (χ1n) is 3.46. The van der Waals surface area contributed by atoms with Gasteiger partial charge in [-0.2, -0.15) is 0 Å². The molecule has 0 unspecified atom stereocenters. The van der Waals surface area contributed by atoms with Crippen LogP contribution in [0.5, 0.6) is 0 Å². The third-order valence-corrected chi connectivity index (χ3v) is 2.33. The molecule has 2 rings (SSSR count). The fourth-order valence-corrected chi connectivity index (χ4v) is 1.70. The van der Waals surface area contributed by atoms with Crippen LogP contribution in [0.2, 0.25) is 0 Å². The van der Waals surface area contributed by atoms with Crippen molar-refractivity contribution in [2.45, 2.75) is 6.61 Å². The summed E-state index contributed by atoms with van der Waals surface area (Å²) in [5.41, 5.74) is 0.758. The zero-order valence-corrected chi connectivity index (χ0v) is 7.71. The van der Waals surface area contributed by atoms with Crippen molar-refractivity contribution in [3.63, 3.8) is 0 Å². The maximum atomic E-state index is 8.89. The lowest BCUT2D eigenvalue weighted by Gasteiger charge is -1.91. The lowest BCUT2D eigenvalue weighted by atomic mass is 10.2. The van der Waals surface area contributed by atoms with Gasteiger partial charge < -0.3 is 9.63 Å². The van der Waals surface area contributed by atoms with Crippen molar-refractivity contribution >= 4 is 26.8 Å². The van der Waals surface area contributed by atoms with Crippen molar-refractivity contribution in [1.82, 2.24) is 5.16 Å². The molecule has 0 radical (unpaired) electrons. The number of fused-ring (bicyclic) bond motifs is 1. The Balaban J connectivity index is 2.83. The summed E-state index contributed by atoms with van der Waals surface area (Å²) in [6.45, 7) is -0.126. The van der Waals surface area contributed by atoms with E-state index in [4.69, 9.17) is 9.63 Å². The molecule has 0 bridgehead atoms. The highest BCUT2D eigenvalue weighted by Crippen LogP contribution is 2.26. The number of aromatic nitrogens is 1. The molecular weight excluding hydrogens is 222 g/mol. The van der Waals surface area contributed by atoms with E-state index in [0.29, 0.717) is 5.76 Å². The van der Waals surface area contributed by atoms with Gasteiger partial charge in [0.15, 0.2) is 5.76 Å². The molecule has 3 nitrogen and oxygen atoms in total. The molecule has 1 aromatic heterocycles. The summed E-state index contributed by atoms with van der Waals surface area (Å²) in [7, 11) is 0. The van der Waals surface area contributed by atoms with Crippen molar-refractivity contribution < 1.29 is 9.63 Å². The van der Waals surface area contributed by atoms with Crippen molar-refractivity contribution in [2.75, 3.05) is 0 Å². The Morgan fingerprint density at radius 2 is 2.33 bits per heavy atom. The van der Waals surface area contributed by atoms with Gasteiger partial charge in [0, 0.05) is 4.47 Å². The number of benzene rings is 1. The number of hydrogen-bond donors (Lipinski definition) is 1. The smallest absolute Gasteiger partial charge is 0.171 e. The van der Waals surface area contributed by atoms with Crippen LogP contribution >= 0.6 is 15.9 Å². The first-order valence-corrected chi connectivity index (χ1v) is 4.26. The second-order valence-corrected chi connectivity index (χ2v) is 3.25. The highest BCUT2D eigenvalue weighted by molar-refractivity contribution is 9.10. The van der Waals surface area contributed by atoms with Gasteiger partial charge >= 0.3 is 0 Å².